The maximum atomic E-state index is 14.2. The van der Waals surface area contributed by atoms with Gasteiger partial charge in [-0.2, -0.15) is 0 Å². The second kappa shape index (κ2) is 10.0. The van der Waals surface area contributed by atoms with Crippen LogP contribution in [0, 0.1) is 22.0 Å². The predicted octanol–water partition coefficient (Wildman–Crippen LogP) is 4.47. The van der Waals surface area contributed by atoms with Crippen molar-refractivity contribution in [1.29, 1.82) is 0 Å². The van der Waals surface area contributed by atoms with Crippen LogP contribution in [0.25, 0.3) is 10.8 Å². The fourth-order valence-electron chi connectivity index (χ4n) is 6.38. The van der Waals surface area contributed by atoms with Gasteiger partial charge in [-0.1, -0.05) is 54.6 Å². The van der Waals surface area contributed by atoms with Gasteiger partial charge in [0.25, 0.3) is 5.69 Å². The van der Waals surface area contributed by atoms with Crippen LogP contribution >= 0.6 is 0 Å². The van der Waals surface area contributed by atoms with Crippen LogP contribution in [0.1, 0.15) is 34.5 Å². The van der Waals surface area contributed by atoms with Crippen LogP contribution in [0.3, 0.4) is 0 Å². The van der Waals surface area contributed by atoms with Gasteiger partial charge in [0.15, 0.2) is 5.78 Å². The van der Waals surface area contributed by atoms with Gasteiger partial charge in [-0.3, -0.25) is 34.6 Å². The number of carboxylic acid groups (broad SMARTS) is 1. The largest absolute Gasteiger partial charge is 0.480 e. The van der Waals surface area contributed by atoms with Gasteiger partial charge in [-0.25, -0.2) is 4.90 Å². The number of carboxylic acids is 1. The van der Waals surface area contributed by atoms with Crippen molar-refractivity contribution in [3.8, 4) is 0 Å². The number of nitro groups is 1. The summed E-state index contributed by atoms with van der Waals surface area (Å²) < 4.78 is 0. The zero-order chi connectivity index (χ0) is 29.8. The van der Waals surface area contributed by atoms with Crippen LogP contribution < -0.4 is 10.2 Å². The number of benzene rings is 4. The molecule has 4 aromatic carbocycles. The number of nitrogens with one attached hydrogen (secondary N) is 1. The van der Waals surface area contributed by atoms with Crippen molar-refractivity contribution >= 4 is 45.7 Å². The molecule has 2 aliphatic heterocycles. The highest BCUT2D eigenvalue weighted by atomic mass is 16.6. The lowest BCUT2D eigenvalue weighted by Crippen LogP contribution is -2.57. The number of nitrogens with zero attached hydrogens (tertiary/aromatic N) is 2. The number of amides is 2. The van der Waals surface area contributed by atoms with Crippen LogP contribution in [0.5, 0.6) is 0 Å². The highest BCUT2D eigenvalue weighted by molar-refractivity contribution is 6.24. The minimum Gasteiger partial charge on any atom is -0.480 e. The molecule has 0 aromatic heterocycles. The molecule has 4 unspecified atom stereocenters. The van der Waals surface area contributed by atoms with E-state index < -0.39 is 46.1 Å². The molecule has 0 spiro atoms. The number of rotatable bonds is 7. The molecule has 4 aromatic rings. The number of non-ortho nitro benzene ring substituents is 1. The summed E-state index contributed by atoms with van der Waals surface area (Å²) in [6.45, 7) is 1.41. The number of carbonyl (C=O) groups excluding carboxylic acids is 3. The van der Waals surface area contributed by atoms with Gasteiger partial charge in [-0.05, 0) is 53.1 Å². The normalized spacial score (nSPS) is 23.3. The number of Topliss-reactive ketones (excluding diaryl/α,β-unsaturated/α-hetero) is 1. The molecule has 210 valence electrons. The molecule has 2 heterocycles. The summed E-state index contributed by atoms with van der Waals surface area (Å²) >= 11 is 0. The van der Waals surface area contributed by atoms with E-state index in [2.05, 4.69) is 5.32 Å². The first-order valence-corrected chi connectivity index (χ1v) is 13.3. The zero-order valence-electron chi connectivity index (χ0n) is 22.4. The average Bonchev–Trinajstić information content (AvgIpc) is 3.46. The Labute approximate surface area is 239 Å². The van der Waals surface area contributed by atoms with Gasteiger partial charge in [0.2, 0.25) is 11.8 Å². The maximum absolute atomic E-state index is 14.2. The highest BCUT2D eigenvalue weighted by Gasteiger charge is 2.68. The molecular formula is C32H25N3O7. The van der Waals surface area contributed by atoms with Crippen LogP contribution in [0.2, 0.25) is 0 Å². The van der Waals surface area contributed by atoms with Crippen LogP contribution in [0.15, 0.2) is 91.0 Å². The number of ketones is 1. The number of carbonyl (C=O) groups is 4. The molecule has 4 atom stereocenters. The van der Waals surface area contributed by atoms with Crippen molar-refractivity contribution in [1.82, 2.24) is 5.32 Å². The first-order valence-electron chi connectivity index (χ1n) is 13.3. The molecule has 0 radical (unpaired) electrons. The third-order valence-corrected chi connectivity index (χ3v) is 8.36. The lowest BCUT2D eigenvalue weighted by molar-refractivity contribution is -0.384. The van der Waals surface area contributed by atoms with E-state index in [0.717, 1.165) is 15.7 Å². The van der Waals surface area contributed by atoms with E-state index in [1.54, 1.807) is 0 Å². The minimum atomic E-state index is -1.90. The molecule has 2 amide bonds. The topological polar surface area (TPSA) is 147 Å². The third kappa shape index (κ3) is 4.15. The van der Waals surface area contributed by atoms with E-state index in [1.165, 1.54) is 55.5 Å². The van der Waals surface area contributed by atoms with Gasteiger partial charge in [0.05, 0.1) is 22.4 Å². The molecule has 0 saturated carbocycles. The maximum Gasteiger partial charge on any atom is 0.325 e. The molecule has 10 nitrogen and oxygen atoms in total. The second-order valence-corrected chi connectivity index (χ2v) is 10.7. The fraction of sp³-hybridized carbons (Fsp3) is 0.188. The van der Waals surface area contributed by atoms with Crippen molar-refractivity contribution in [2.45, 2.75) is 24.9 Å². The van der Waals surface area contributed by atoms with Crippen LogP contribution in [-0.2, 0) is 20.8 Å². The lowest BCUT2D eigenvalue weighted by Gasteiger charge is -2.31. The number of aliphatic carboxylic acids is 1. The molecule has 10 heteroatoms. The second-order valence-electron chi connectivity index (χ2n) is 10.7. The van der Waals surface area contributed by atoms with Crippen LogP contribution in [-0.4, -0.2) is 39.1 Å². The average molecular weight is 564 g/mol. The molecule has 42 heavy (non-hydrogen) atoms. The molecular weight excluding hydrogens is 538 g/mol. The van der Waals surface area contributed by atoms with E-state index >= 15 is 0 Å². The number of nitro benzene ring substituents is 1. The summed E-state index contributed by atoms with van der Waals surface area (Å²) in [5, 5.41) is 26.9. The summed E-state index contributed by atoms with van der Waals surface area (Å²) in [6.07, 6.45) is -0.196. The first-order chi connectivity index (χ1) is 20.1. The molecule has 0 bridgehead atoms. The fourth-order valence-corrected chi connectivity index (χ4v) is 6.38. The Hall–Kier alpha value is -5.22. The first kappa shape index (κ1) is 27.0. The Morgan fingerprint density at radius 3 is 2.24 bits per heavy atom. The van der Waals surface area contributed by atoms with Gasteiger partial charge in [0.1, 0.15) is 5.54 Å². The van der Waals surface area contributed by atoms with Gasteiger partial charge >= 0.3 is 5.97 Å². The van der Waals surface area contributed by atoms with Gasteiger partial charge < -0.3 is 5.11 Å². The number of imide groups is 1. The van der Waals surface area contributed by atoms with Crippen LogP contribution in [0.4, 0.5) is 11.4 Å². The van der Waals surface area contributed by atoms with Crippen molar-refractivity contribution < 1.29 is 29.2 Å². The standard InChI is InChI=1S/C32H25N3O7/c1-18(36)20-11-15-22(16-12-20)34-29(37)26-27(30(34)38)32(31(39)40,17-19-9-13-23(14-10-19)35(41)42)33-28(26)25-8-4-6-21-5-2-3-7-24(21)25/h2-16,26-28,33H,17H2,1H3,(H,39,40). The smallest absolute Gasteiger partial charge is 0.325 e. The number of fused-ring (bicyclic) bond motifs is 2. The molecule has 0 aliphatic carbocycles. The van der Waals surface area contributed by atoms with Crippen molar-refractivity contribution in [3.63, 3.8) is 0 Å². The summed E-state index contributed by atoms with van der Waals surface area (Å²) in [7, 11) is 0. The van der Waals surface area contributed by atoms with E-state index in [0.29, 0.717) is 16.7 Å². The Morgan fingerprint density at radius 2 is 1.60 bits per heavy atom. The van der Waals surface area contributed by atoms with Gasteiger partial charge in [0, 0.05) is 30.2 Å². The Kier molecular flexibility index (Phi) is 6.42. The summed E-state index contributed by atoms with van der Waals surface area (Å²) in [5.41, 5.74) is -0.256. The summed E-state index contributed by atoms with van der Waals surface area (Å²) in [4.78, 5) is 65.0. The van der Waals surface area contributed by atoms with Crippen molar-refractivity contribution in [3.05, 3.63) is 118 Å². The third-order valence-electron chi connectivity index (χ3n) is 8.36. The monoisotopic (exact) mass is 563 g/mol. The van der Waals surface area contributed by atoms with E-state index in [4.69, 9.17) is 0 Å². The van der Waals surface area contributed by atoms with Crippen molar-refractivity contribution in [2.75, 3.05) is 4.90 Å². The molecule has 2 fully saturated rings. The van der Waals surface area contributed by atoms with E-state index in [1.807, 2.05) is 42.5 Å². The Balaban J connectivity index is 1.50. The molecule has 2 N–H and O–H groups in total. The number of anilines is 1. The highest BCUT2D eigenvalue weighted by Crippen LogP contribution is 2.51. The molecule has 2 saturated heterocycles. The summed E-state index contributed by atoms with van der Waals surface area (Å²) in [5.74, 6) is -5.03. The van der Waals surface area contributed by atoms with E-state index in [9.17, 15) is 34.4 Å². The Bertz CT molecular complexity index is 1780. The van der Waals surface area contributed by atoms with Crippen molar-refractivity contribution in [2.24, 2.45) is 11.8 Å². The number of hydrogen-bond acceptors (Lipinski definition) is 7. The zero-order valence-corrected chi connectivity index (χ0v) is 22.4. The molecule has 6 rings (SSSR count). The quantitative estimate of drug-likeness (QED) is 0.145. The Morgan fingerprint density at radius 1 is 0.929 bits per heavy atom. The lowest BCUT2D eigenvalue weighted by atomic mass is 9.76. The van der Waals surface area contributed by atoms with Gasteiger partial charge in [-0.15, -0.1) is 0 Å². The predicted molar refractivity (Wildman–Crippen MR) is 153 cm³/mol. The summed E-state index contributed by atoms with van der Waals surface area (Å²) in [6, 6.07) is 23.8. The number of hydrogen-bond donors (Lipinski definition) is 2. The molecule has 2 aliphatic rings. The SMILES string of the molecule is CC(=O)c1ccc(N2C(=O)C3C(c4cccc5ccccc45)NC(Cc4ccc([N+](=O)[O-])cc4)(C(=O)O)C3C2=O)cc1. The minimum absolute atomic E-state index is 0.152. The van der Waals surface area contributed by atoms with E-state index in [-0.39, 0.29) is 23.6 Å².